The van der Waals surface area contributed by atoms with Gasteiger partial charge in [-0.25, -0.2) is 0 Å². The Morgan fingerprint density at radius 2 is 1.68 bits per heavy atom. The van der Waals surface area contributed by atoms with E-state index in [1.165, 1.54) is 42.4 Å². The minimum absolute atomic E-state index is 0.651. The van der Waals surface area contributed by atoms with E-state index in [9.17, 15) is 0 Å². The first-order chi connectivity index (χ1) is 10.7. The van der Waals surface area contributed by atoms with Gasteiger partial charge in [0, 0.05) is 5.56 Å². The Bertz CT molecular complexity index is 705. The Balaban J connectivity index is 1.73. The van der Waals surface area contributed by atoms with Crippen LogP contribution in [0.3, 0.4) is 0 Å². The van der Waals surface area contributed by atoms with E-state index in [1.807, 2.05) is 37.3 Å². The molecule has 0 bridgehead atoms. The highest BCUT2D eigenvalue weighted by Crippen LogP contribution is 2.22. The van der Waals surface area contributed by atoms with E-state index < -0.39 is 0 Å². The van der Waals surface area contributed by atoms with Gasteiger partial charge in [-0.3, -0.25) is 5.43 Å². The number of fused-ring (bicyclic) bond motifs is 1. The molecule has 0 fully saturated rings. The van der Waals surface area contributed by atoms with Crippen LogP contribution < -0.4 is 5.43 Å². The van der Waals surface area contributed by atoms with Crippen molar-refractivity contribution in [3.05, 3.63) is 70.8 Å². The first kappa shape index (κ1) is 14.9. The number of nitrogens with zero attached hydrogens (tertiary/aromatic N) is 1. The van der Waals surface area contributed by atoms with Crippen molar-refractivity contribution in [2.24, 2.45) is 5.10 Å². The Morgan fingerprint density at radius 1 is 0.955 bits per heavy atom. The smallest absolute Gasteiger partial charge is 0.126 e. The average molecular weight is 308 g/mol. The molecule has 0 saturated heterocycles. The van der Waals surface area contributed by atoms with Crippen molar-refractivity contribution < 1.29 is 0 Å². The van der Waals surface area contributed by atoms with Crippen LogP contribution in [-0.2, 0) is 12.8 Å². The molecule has 0 atom stereocenters. The number of hydrogen-bond donors (Lipinski definition) is 1. The summed E-state index contributed by atoms with van der Waals surface area (Å²) in [5.41, 5.74) is 9.09. The predicted octanol–water partition coefficient (Wildman–Crippen LogP) is 4.25. The van der Waals surface area contributed by atoms with Crippen molar-refractivity contribution in [2.75, 3.05) is 0 Å². The zero-order chi connectivity index (χ0) is 15.4. The second-order valence-corrected chi connectivity index (χ2v) is 6.10. The highest BCUT2D eigenvalue weighted by atomic mass is 32.1. The van der Waals surface area contributed by atoms with Gasteiger partial charge in [-0.2, -0.15) is 5.10 Å². The van der Waals surface area contributed by atoms with Crippen molar-refractivity contribution >= 4 is 22.9 Å². The van der Waals surface area contributed by atoms with Crippen LogP contribution in [0.1, 0.15) is 42.0 Å². The molecular formula is C19H20N2S. The standard InChI is InChI=1S/C19H20N2S/c1-14(20-21-19(22)16-8-3-2-4-9-16)17-12-11-15-7-5-6-10-18(15)13-17/h2-4,8-9,11-13H,5-7,10H2,1H3,(H,21,22)/b20-14-. The molecule has 0 unspecified atom stereocenters. The summed E-state index contributed by atoms with van der Waals surface area (Å²) in [6, 6.07) is 16.6. The average Bonchev–Trinajstić information content (AvgIpc) is 2.59. The molecular weight excluding hydrogens is 288 g/mol. The lowest BCUT2D eigenvalue weighted by Gasteiger charge is -2.16. The van der Waals surface area contributed by atoms with Gasteiger partial charge in [0.2, 0.25) is 0 Å². The van der Waals surface area contributed by atoms with Crippen LogP contribution in [-0.4, -0.2) is 10.7 Å². The van der Waals surface area contributed by atoms with Crippen LogP contribution in [0.15, 0.2) is 53.6 Å². The quantitative estimate of drug-likeness (QED) is 0.520. The molecule has 1 N–H and O–H groups in total. The third kappa shape index (κ3) is 3.42. The highest BCUT2D eigenvalue weighted by molar-refractivity contribution is 7.80. The molecule has 2 nitrogen and oxygen atoms in total. The predicted molar refractivity (Wildman–Crippen MR) is 96.6 cm³/mol. The Hall–Kier alpha value is -2.00. The van der Waals surface area contributed by atoms with Gasteiger partial charge in [0.15, 0.2) is 0 Å². The van der Waals surface area contributed by atoms with Crippen LogP contribution in [0.2, 0.25) is 0 Å². The lowest BCUT2D eigenvalue weighted by Crippen LogP contribution is -2.18. The molecule has 0 radical (unpaired) electrons. The molecule has 1 aliphatic rings. The molecule has 2 aromatic rings. The van der Waals surface area contributed by atoms with Crippen LogP contribution >= 0.6 is 12.2 Å². The largest absolute Gasteiger partial charge is 0.267 e. The monoisotopic (exact) mass is 308 g/mol. The van der Waals surface area contributed by atoms with E-state index >= 15 is 0 Å². The second kappa shape index (κ2) is 6.84. The Kier molecular flexibility index (Phi) is 4.64. The molecule has 112 valence electrons. The van der Waals surface area contributed by atoms with Crippen LogP contribution in [0.5, 0.6) is 0 Å². The summed E-state index contributed by atoms with van der Waals surface area (Å²) in [5.74, 6) is 0. The van der Waals surface area contributed by atoms with Crippen molar-refractivity contribution in [3.63, 3.8) is 0 Å². The molecule has 22 heavy (non-hydrogen) atoms. The summed E-state index contributed by atoms with van der Waals surface area (Å²) in [6.45, 7) is 2.02. The van der Waals surface area contributed by atoms with Gasteiger partial charge in [0.25, 0.3) is 0 Å². The van der Waals surface area contributed by atoms with Gasteiger partial charge in [-0.1, -0.05) is 54.7 Å². The molecule has 0 spiro atoms. The van der Waals surface area contributed by atoms with E-state index in [1.54, 1.807) is 0 Å². The van der Waals surface area contributed by atoms with Gasteiger partial charge >= 0.3 is 0 Å². The van der Waals surface area contributed by atoms with Crippen molar-refractivity contribution in [1.29, 1.82) is 0 Å². The van der Waals surface area contributed by atoms with E-state index in [-0.39, 0.29) is 0 Å². The SMILES string of the molecule is C/C(=N/NC(=S)c1ccccc1)c1ccc2c(c1)CCCC2. The maximum Gasteiger partial charge on any atom is 0.126 e. The maximum absolute atomic E-state index is 5.37. The van der Waals surface area contributed by atoms with Gasteiger partial charge in [-0.05, 0) is 55.4 Å². The maximum atomic E-state index is 5.37. The lowest BCUT2D eigenvalue weighted by molar-refractivity contribution is 0.685. The lowest BCUT2D eigenvalue weighted by atomic mass is 9.90. The van der Waals surface area contributed by atoms with Crippen molar-refractivity contribution in [2.45, 2.75) is 32.6 Å². The molecule has 0 aliphatic heterocycles. The number of hydrazone groups is 1. The number of rotatable bonds is 3. The minimum atomic E-state index is 0.651. The van der Waals surface area contributed by atoms with E-state index in [0.29, 0.717) is 4.99 Å². The summed E-state index contributed by atoms with van der Waals surface area (Å²) in [6.07, 6.45) is 5.00. The van der Waals surface area contributed by atoms with Gasteiger partial charge in [-0.15, -0.1) is 0 Å². The summed E-state index contributed by atoms with van der Waals surface area (Å²) < 4.78 is 0. The van der Waals surface area contributed by atoms with Crippen molar-refractivity contribution in [3.8, 4) is 0 Å². The number of benzene rings is 2. The fraction of sp³-hybridized carbons (Fsp3) is 0.263. The molecule has 3 rings (SSSR count). The number of thiocarbonyl (C=S) groups is 1. The van der Waals surface area contributed by atoms with E-state index in [0.717, 1.165) is 11.3 Å². The topological polar surface area (TPSA) is 24.4 Å². The number of nitrogens with one attached hydrogen (secondary N) is 1. The summed E-state index contributed by atoms with van der Waals surface area (Å²) in [5, 5.41) is 4.45. The molecule has 0 amide bonds. The van der Waals surface area contributed by atoms with Crippen LogP contribution in [0.4, 0.5) is 0 Å². The van der Waals surface area contributed by atoms with Crippen LogP contribution in [0.25, 0.3) is 0 Å². The zero-order valence-electron chi connectivity index (χ0n) is 12.8. The van der Waals surface area contributed by atoms with Crippen LogP contribution in [0, 0.1) is 0 Å². The Labute approximate surface area is 137 Å². The highest BCUT2D eigenvalue weighted by Gasteiger charge is 2.10. The molecule has 0 heterocycles. The van der Waals surface area contributed by atoms with Gasteiger partial charge < -0.3 is 0 Å². The number of hydrogen-bond acceptors (Lipinski definition) is 2. The van der Waals surface area contributed by atoms with E-state index in [4.69, 9.17) is 12.2 Å². The third-order valence-electron chi connectivity index (χ3n) is 4.13. The Morgan fingerprint density at radius 3 is 2.45 bits per heavy atom. The zero-order valence-corrected chi connectivity index (χ0v) is 13.6. The molecule has 2 aromatic carbocycles. The van der Waals surface area contributed by atoms with E-state index in [2.05, 4.69) is 28.7 Å². The normalized spacial score (nSPS) is 14.3. The van der Waals surface area contributed by atoms with Gasteiger partial charge in [0.1, 0.15) is 4.99 Å². The third-order valence-corrected chi connectivity index (χ3v) is 4.45. The van der Waals surface area contributed by atoms with Crippen molar-refractivity contribution in [1.82, 2.24) is 5.43 Å². The molecule has 0 aromatic heterocycles. The fourth-order valence-electron chi connectivity index (χ4n) is 2.81. The summed E-state index contributed by atoms with van der Waals surface area (Å²) in [4.78, 5) is 0.651. The fourth-order valence-corrected chi connectivity index (χ4v) is 2.99. The summed E-state index contributed by atoms with van der Waals surface area (Å²) in [7, 11) is 0. The van der Waals surface area contributed by atoms with Gasteiger partial charge in [0.05, 0.1) is 5.71 Å². The minimum Gasteiger partial charge on any atom is -0.267 e. The molecule has 3 heteroatoms. The summed E-state index contributed by atoms with van der Waals surface area (Å²) >= 11 is 5.37. The molecule has 0 saturated carbocycles. The molecule has 1 aliphatic carbocycles. The number of aryl methyl sites for hydroxylation is 2. The second-order valence-electron chi connectivity index (χ2n) is 5.69. The first-order valence-electron chi connectivity index (χ1n) is 7.76. The first-order valence-corrected chi connectivity index (χ1v) is 8.17.